The molecule has 2 heteroatoms. The fourth-order valence-electron chi connectivity index (χ4n) is 1.95. The maximum absolute atomic E-state index is 5.87. The van der Waals surface area contributed by atoms with Crippen molar-refractivity contribution in [1.29, 1.82) is 0 Å². The van der Waals surface area contributed by atoms with Crippen LogP contribution in [0.15, 0.2) is 29.2 Å². The van der Waals surface area contributed by atoms with Crippen molar-refractivity contribution < 1.29 is 0 Å². The van der Waals surface area contributed by atoms with Crippen LogP contribution in [0.2, 0.25) is 20.8 Å². The van der Waals surface area contributed by atoms with Crippen LogP contribution in [0, 0.1) is 0 Å². The molecule has 0 aromatic heterocycles. The van der Waals surface area contributed by atoms with E-state index in [0.29, 0.717) is 0 Å². The minimum atomic E-state index is -1.65. The number of hydrogen-bond acceptors (Lipinski definition) is 0. The van der Waals surface area contributed by atoms with Gasteiger partial charge in [0.1, 0.15) is 0 Å². The van der Waals surface area contributed by atoms with E-state index in [9.17, 15) is 0 Å². The van der Waals surface area contributed by atoms with Crippen molar-refractivity contribution in [1.82, 2.24) is 0 Å². The third-order valence-corrected chi connectivity index (χ3v) is 14.6. The summed E-state index contributed by atoms with van der Waals surface area (Å²) in [7, 11) is 0. The monoisotopic (exact) mass is 298 g/mol. The Hall–Kier alpha value is -0.207. The molecule has 16 heavy (non-hydrogen) atoms. The van der Waals surface area contributed by atoms with Gasteiger partial charge in [-0.15, -0.1) is 0 Å². The first kappa shape index (κ1) is 13.9. The van der Waals surface area contributed by atoms with E-state index in [1.54, 1.807) is 0 Å². The third kappa shape index (κ3) is 3.67. The van der Waals surface area contributed by atoms with Gasteiger partial charge >= 0.3 is 107 Å². The van der Waals surface area contributed by atoms with Crippen molar-refractivity contribution in [2.24, 2.45) is 0 Å². The van der Waals surface area contributed by atoms with E-state index in [0.717, 1.165) is 5.02 Å². The summed E-state index contributed by atoms with van der Waals surface area (Å²) in [6.07, 6.45) is 2.30. The molecule has 0 aliphatic heterocycles. The molecule has 88 valence electrons. The fourth-order valence-corrected chi connectivity index (χ4v) is 7.85. The van der Waals surface area contributed by atoms with E-state index < -0.39 is 13.3 Å². The molecule has 0 bridgehead atoms. The van der Waals surface area contributed by atoms with Gasteiger partial charge in [-0.3, -0.25) is 0 Å². The third-order valence-electron chi connectivity index (χ3n) is 3.61. The van der Waals surface area contributed by atoms with Crippen molar-refractivity contribution in [3.8, 4) is 0 Å². The predicted molar refractivity (Wildman–Crippen MR) is 77.7 cm³/mol. The minimum absolute atomic E-state index is 0.811. The topological polar surface area (TPSA) is 0 Å². The van der Waals surface area contributed by atoms with Crippen molar-refractivity contribution in [3.05, 3.63) is 39.8 Å². The van der Waals surface area contributed by atoms with Crippen molar-refractivity contribution in [3.63, 3.8) is 0 Å². The molecule has 0 nitrogen and oxygen atoms in total. The molecular weight excluding hydrogens is 276 g/mol. The second kappa shape index (κ2) is 6.51. The summed E-state index contributed by atoms with van der Waals surface area (Å²) in [5.41, 5.74) is 1.27. The molecule has 0 heterocycles. The first-order valence-electron chi connectivity index (χ1n) is 6.10. The Morgan fingerprint density at radius 3 is 1.94 bits per heavy atom. The standard InChI is InChI=1S/C14H21ClGe/c1-4-16(5-2,6-3)12-11-13-7-9-14(15)10-8-13/h7-12H,4-6H2,1-3H3/b12-11+. The van der Waals surface area contributed by atoms with E-state index in [4.69, 9.17) is 11.6 Å². The van der Waals surface area contributed by atoms with Gasteiger partial charge in [0.15, 0.2) is 0 Å². The first-order valence-corrected chi connectivity index (χ1v) is 12.1. The van der Waals surface area contributed by atoms with Crippen LogP contribution in [0.4, 0.5) is 0 Å². The Morgan fingerprint density at radius 2 is 1.50 bits per heavy atom. The van der Waals surface area contributed by atoms with Gasteiger partial charge in [-0.2, -0.15) is 0 Å². The molecule has 0 fully saturated rings. The Labute approximate surface area is 107 Å². The zero-order valence-electron chi connectivity index (χ0n) is 10.5. The van der Waals surface area contributed by atoms with Gasteiger partial charge in [0.05, 0.1) is 0 Å². The van der Waals surface area contributed by atoms with Crippen molar-refractivity contribution in [2.75, 3.05) is 0 Å². The Morgan fingerprint density at radius 1 is 1.00 bits per heavy atom. The molecule has 1 aromatic carbocycles. The SMILES string of the molecule is C[CH2][Ge](/[CH]=C/c1ccc(Cl)cc1)([CH2]C)[CH2]C. The predicted octanol–water partition coefficient (Wildman–Crippen LogP) is 5.40. The van der Waals surface area contributed by atoms with Gasteiger partial charge < -0.3 is 0 Å². The molecule has 0 aliphatic carbocycles. The maximum atomic E-state index is 5.87. The van der Waals surface area contributed by atoms with Crippen molar-refractivity contribution >= 4 is 30.9 Å². The molecular formula is C14H21ClGe. The average molecular weight is 297 g/mol. The quantitative estimate of drug-likeness (QED) is 0.638. The summed E-state index contributed by atoms with van der Waals surface area (Å²) >= 11 is 4.22. The van der Waals surface area contributed by atoms with E-state index in [1.807, 2.05) is 12.1 Å². The Balaban J connectivity index is 2.82. The molecule has 0 saturated carbocycles. The molecule has 1 aromatic rings. The molecule has 0 radical (unpaired) electrons. The zero-order chi connectivity index (χ0) is 12.0. The van der Waals surface area contributed by atoms with Crippen molar-refractivity contribution in [2.45, 2.75) is 36.5 Å². The van der Waals surface area contributed by atoms with Gasteiger partial charge in [0.2, 0.25) is 0 Å². The second-order valence-corrected chi connectivity index (χ2v) is 15.6. The summed E-state index contributed by atoms with van der Waals surface area (Å²) in [4.78, 5) is 2.54. The van der Waals surface area contributed by atoms with E-state index >= 15 is 0 Å². The number of halogens is 1. The van der Waals surface area contributed by atoms with Crippen LogP contribution in [0.3, 0.4) is 0 Å². The normalized spacial score (nSPS) is 12.2. The summed E-state index contributed by atoms with van der Waals surface area (Å²) in [5, 5.41) is 4.97. The van der Waals surface area contributed by atoms with Gasteiger partial charge in [-0.1, -0.05) is 0 Å². The van der Waals surface area contributed by atoms with E-state index in [2.05, 4.69) is 43.9 Å². The van der Waals surface area contributed by atoms with Crippen LogP contribution in [0.25, 0.3) is 6.08 Å². The van der Waals surface area contributed by atoms with Crippen LogP contribution < -0.4 is 0 Å². The molecule has 0 amide bonds. The molecule has 0 unspecified atom stereocenters. The number of rotatable bonds is 5. The molecule has 0 saturated heterocycles. The van der Waals surface area contributed by atoms with Crippen LogP contribution in [0.1, 0.15) is 26.3 Å². The average Bonchev–Trinajstić information content (AvgIpc) is 2.34. The molecule has 0 atom stereocenters. The molecule has 1 rings (SSSR count). The number of benzene rings is 1. The Kier molecular flexibility index (Phi) is 5.64. The second-order valence-electron chi connectivity index (χ2n) is 4.31. The number of hydrogen-bond donors (Lipinski definition) is 0. The van der Waals surface area contributed by atoms with Crippen LogP contribution in [-0.4, -0.2) is 13.3 Å². The summed E-state index contributed by atoms with van der Waals surface area (Å²) in [6.45, 7) is 7.04. The summed E-state index contributed by atoms with van der Waals surface area (Å²) in [6, 6.07) is 8.10. The molecule has 0 spiro atoms. The van der Waals surface area contributed by atoms with Crippen LogP contribution in [0.5, 0.6) is 0 Å². The fraction of sp³-hybridized carbons (Fsp3) is 0.429. The van der Waals surface area contributed by atoms with Gasteiger partial charge in [0.25, 0.3) is 0 Å². The first-order chi connectivity index (χ1) is 7.65. The van der Waals surface area contributed by atoms with E-state index in [1.165, 1.54) is 21.3 Å². The molecule has 0 aliphatic rings. The van der Waals surface area contributed by atoms with Crippen LogP contribution >= 0.6 is 11.6 Å². The summed E-state index contributed by atoms with van der Waals surface area (Å²) in [5.74, 6) is 0. The van der Waals surface area contributed by atoms with Gasteiger partial charge in [-0.05, 0) is 0 Å². The zero-order valence-corrected chi connectivity index (χ0v) is 13.3. The van der Waals surface area contributed by atoms with Gasteiger partial charge in [-0.25, -0.2) is 0 Å². The van der Waals surface area contributed by atoms with Gasteiger partial charge in [0, 0.05) is 0 Å². The molecule has 0 N–H and O–H groups in total. The summed E-state index contributed by atoms with van der Waals surface area (Å²) < 4.78 is 0. The van der Waals surface area contributed by atoms with E-state index in [-0.39, 0.29) is 0 Å². The Bertz CT molecular complexity index is 328. The van der Waals surface area contributed by atoms with Crippen LogP contribution in [-0.2, 0) is 0 Å².